The minimum atomic E-state index is -3.95. The topological polar surface area (TPSA) is 113 Å². The molecule has 0 aromatic heterocycles. The number of nitrogens with one attached hydrogen (secondary N) is 1. The van der Waals surface area contributed by atoms with Crippen molar-refractivity contribution in [2.24, 2.45) is 28.9 Å². The van der Waals surface area contributed by atoms with Gasteiger partial charge >= 0.3 is 10.2 Å². The number of hydrogen-bond donors (Lipinski definition) is 2. The lowest BCUT2D eigenvalue weighted by atomic mass is 9.47. The van der Waals surface area contributed by atoms with Crippen molar-refractivity contribution in [3.05, 3.63) is 27.2 Å². The third-order valence-electron chi connectivity index (χ3n) is 8.23. The van der Waals surface area contributed by atoms with Gasteiger partial charge in [-0.05, 0) is 73.8 Å². The highest BCUT2D eigenvalue weighted by Crippen LogP contribution is 2.61. The van der Waals surface area contributed by atoms with Crippen molar-refractivity contribution in [2.45, 2.75) is 51.0 Å². The zero-order valence-corrected chi connectivity index (χ0v) is 22.3. The number of primary amides is 1. The molecule has 1 saturated heterocycles. The number of halogens is 3. The van der Waals surface area contributed by atoms with E-state index in [9.17, 15) is 18.0 Å². The predicted octanol–water partition coefficient (Wildman–Crippen LogP) is 3.59. The van der Waals surface area contributed by atoms with E-state index >= 15 is 0 Å². The standard InChI is InChI=1S/C23H29Cl3N4O4S/c24-17-6-16(7-18(25)21(17)26)30-3-1-2-29(35(30,33)34)12-20(32)28-22-14-4-13-5-15(22)10-23(8-13,9-14)11-19(27)31/h6-7,13-15,22H,1-5,8-12H2,(H2,27,31)(H,28,32). The molecule has 4 saturated carbocycles. The molecule has 12 heteroatoms. The molecule has 1 aromatic carbocycles. The second kappa shape index (κ2) is 9.24. The maximum Gasteiger partial charge on any atom is 0.304 e. The van der Waals surface area contributed by atoms with Gasteiger partial charge in [-0.25, -0.2) is 0 Å². The molecule has 8 nitrogen and oxygen atoms in total. The van der Waals surface area contributed by atoms with Crippen LogP contribution in [0.1, 0.15) is 44.9 Å². The minimum Gasteiger partial charge on any atom is -0.370 e. The molecule has 2 atom stereocenters. The summed E-state index contributed by atoms with van der Waals surface area (Å²) in [7, 11) is -3.95. The van der Waals surface area contributed by atoms with E-state index in [0.717, 1.165) is 32.1 Å². The summed E-state index contributed by atoms with van der Waals surface area (Å²) >= 11 is 18.3. The molecule has 35 heavy (non-hydrogen) atoms. The lowest BCUT2D eigenvalue weighted by molar-refractivity contribution is -0.134. The van der Waals surface area contributed by atoms with Crippen LogP contribution < -0.4 is 15.4 Å². The molecule has 0 spiro atoms. The van der Waals surface area contributed by atoms with Crippen molar-refractivity contribution < 1.29 is 18.0 Å². The second-order valence-electron chi connectivity index (χ2n) is 10.7. The first-order valence-corrected chi connectivity index (χ1v) is 14.5. The van der Waals surface area contributed by atoms with E-state index in [-0.39, 0.29) is 58.0 Å². The Bertz CT molecular complexity index is 1120. The molecule has 0 radical (unpaired) electrons. The number of hydrogen-bond acceptors (Lipinski definition) is 4. The van der Waals surface area contributed by atoms with Gasteiger partial charge in [0.25, 0.3) is 0 Å². The van der Waals surface area contributed by atoms with E-state index < -0.39 is 10.2 Å². The number of anilines is 1. The lowest BCUT2D eigenvalue weighted by Crippen LogP contribution is -2.61. The molecule has 5 fully saturated rings. The third kappa shape index (κ3) is 4.75. The minimum absolute atomic E-state index is 0.0116. The first-order chi connectivity index (χ1) is 16.5. The summed E-state index contributed by atoms with van der Waals surface area (Å²) in [6.07, 6.45) is 5.87. The first kappa shape index (κ1) is 25.4. The fourth-order valence-electron chi connectivity index (χ4n) is 7.28. The van der Waals surface area contributed by atoms with Gasteiger partial charge < -0.3 is 11.1 Å². The van der Waals surface area contributed by atoms with Gasteiger partial charge in [0.15, 0.2) is 0 Å². The first-order valence-electron chi connectivity index (χ1n) is 12.0. The summed E-state index contributed by atoms with van der Waals surface area (Å²) in [5.41, 5.74) is 5.83. The Morgan fingerprint density at radius 2 is 1.69 bits per heavy atom. The predicted molar refractivity (Wildman–Crippen MR) is 136 cm³/mol. The van der Waals surface area contributed by atoms with Crippen LogP contribution in [0.15, 0.2) is 12.1 Å². The number of nitrogens with two attached hydrogens (primary N) is 1. The van der Waals surface area contributed by atoms with Crippen LogP contribution in [0, 0.1) is 23.2 Å². The van der Waals surface area contributed by atoms with Crippen molar-refractivity contribution in [1.29, 1.82) is 0 Å². The van der Waals surface area contributed by atoms with Crippen molar-refractivity contribution >= 4 is 62.5 Å². The molecule has 192 valence electrons. The van der Waals surface area contributed by atoms with Crippen LogP contribution in [0.4, 0.5) is 5.69 Å². The number of benzene rings is 1. The van der Waals surface area contributed by atoms with Gasteiger partial charge in [0.1, 0.15) is 0 Å². The monoisotopic (exact) mass is 562 g/mol. The summed E-state index contributed by atoms with van der Waals surface area (Å²) < 4.78 is 29.1. The lowest BCUT2D eigenvalue weighted by Gasteiger charge is -2.60. The van der Waals surface area contributed by atoms with E-state index in [0.29, 0.717) is 36.3 Å². The van der Waals surface area contributed by atoms with E-state index in [1.54, 1.807) is 0 Å². The van der Waals surface area contributed by atoms with E-state index in [4.69, 9.17) is 40.5 Å². The van der Waals surface area contributed by atoms with Gasteiger partial charge in [0.05, 0.1) is 27.3 Å². The summed E-state index contributed by atoms with van der Waals surface area (Å²) in [6.45, 7) is 0.257. The highest BCUT2D eigenvalue weighted by atomic mass is 35.5. The summed E-state index contributed by atoms with van der Waals surface area (Å²) in [5.74, 6) is 0.628. The largest absolute Gasteiger partial charge is 0.370 e. The number of rotatable bonds is 6. The van der Waals surface area contributed by atoms with Gasteiger partial charge in [-0.1, -0.05) is 34.8 Å². The van der Waals surface area contributed by atoms with Crippen LogP contribution in [0.25, 0.3) is 0 Å². The maximum atomic E-state index is 13.3. The Labute approximate surface area is 220 Å². The zero-order valence-electron chi connectivity index (χ0n) is 19.2. The number of carbonyl (C=O) groups is 2. The van der Waals surface area contributed by atoms with Crippen LogP contribution in [-0.2, 0) is 19.8 Å². The molecule has 1 heterocycles. The quantitative estimate of drug-likeness (QED) is 0.515. The van der Waals surface area contributed by atoms with Crippen molar-refractivity contribution in [1.82, 2.24) is 9.62 Å². The molecule has 1 aliphatic heterocycles. The van der Waals surface area contributed by atoms with Crippen LogP contribution in [0.5, 0.6) is 0 Å². The summed E-state index contributed by atoms with van der Waals surface area (Å²) in [6, 6.07) is 2.94. The third-order valence-corrected chi connectivity index (χ3v) is 11.3. The number of carbonyl (C=O) groups excluding carboxylic acids is 2. The summed E-state index contributed by atoms with van der Waals surface area (Å²) in [4.78, 5) is 24.7. The second-order valence-corrected chi connectivity index (χ2v) is 13.7. The zero-order chi connectivity index (χ0) is 25.1. The molecule has 2 unspecified atom stereocenters. The van der Waals surface area contributed by atoms with Gasteiger partial charge in [0, 0.05) is 25.6 Å². The molecule has 4 bridgehead atoms. The van der Waals surface area contributed by atoms with E-state index in [1.807, 2.05) is 0 Å². The number of nitrogens with zero attached hydrogens (tertiary/aromatic N) is 2. The van der Waals surface area contributed by atoms with Crippen molar-refractivity contribution in [3.63, 3.8) is 0 Å². The van der Waals surface area contributed by atoms with E-state index in [1.165, 1.54) is 20.7 Å². The van der Waals surface area contributed by atoms with Gasteiger partial charge in [-0.2, -0.15) is 12.7 Å². The van der Waals surface area contributed by atoms with Gasteiger partial charge in [-0.3, -0.25) is 13.9 Å². The van der Waals surface area contributed by atoms with E-state index in [2.05, 4.69) is 5.32 Å². The molecular weight excluding hydrogens is 535 g/mol. The highest BCUT2D eigenvalue weighted by molar-refractivity contribution is 7.90. The summed E-state index contributed by atoms with van der Waals surface area (Å²) in [5, 5.41) is 3.65. The Hall–Kier alpha value is -1.26. The molecular formula is C23H29Cl3N4O4S. The fraction of sp³-hybridized carbons (Fsp3) is 0.652. The van der Waals surface area contributed by atoms with Crippen LogP contribution >= 0.6 is 34.8 Å². The Morgan fingerprint density at radius 3 is 2.29 bits per heavy atom. The SMILES string of the molecule is NC(=O)CC12CC3CC(C1)C(NC(=O)CN1CCCN(c4cc(Cl)c(Cl)c(Cl)c4)S1(=O)=O)C(C3)C2. The molecule has 5 aliphatic rings. The van der Waals surface area contributed by atoms with Crippen LogP contribution in [0.2, 0.25) is 15.1 Å². The Balaban J connectivity index is 1.27. The maximum absolute atomic E-state index is 13.3. The average Bonchev–Trinajstić information content (AvgIpc) is 2.74. The highest BCUT2D eigenvalue weighted by Gasteiger charge is 2.56. The Kier molecular flexibility index (Phi) is 6.70. The van der Waals surface area contributed by atoms with Crippen molar-refractivity contribution in [3.8, 4) is 0 Å². The van der Waals surface area contributed by atoms with Crippen LogP contribution in [0.3, 0.4) is 0 Å². The fourth-order valence-corrected chi connectivity index (χ4v) is 9.51. The normalized spacial score (nSPS) is 33.6. The van der Waals surface area contributed by atoms with Crippen LogP contribution in [-0.4, -0.2) is 50.2 Å². The molecule has 4 aliphatic carbocycles. The molecule has 1 aromatic rings. The molecule has 3 N–H and O–H groups in total. The van der Waals surface area contributed by atoms with Gasteiger partial charge in [-0.15, -0.1) is 0 Å². The Morgan fingerprint density at radius 1 is 1.06 bits per heavy atom. The number of amides is 2. The van der Waals surface area contributed by atoms with Gasteiger partial charge in [0.2, 0.25) is 11.8 Å². The molecule has 6 rings (SSSR count). The molecule has 2 amide bonds. The van der Waals surface area contributed by atoms with Crippen molar-refractivity contribution in [2.75, 3.05) is 23.9 Å². The smallest absolute Gasteiger partial charge is 0.304 e. The average molecular weight is 564 g/mol.